The lowest BCUT2D eigenvalue weighted by molar-refractivity contribution is -0.118. The quantitative estimate of drug-likeness (QED) is 0.597. The summed E-state index contributed by atoms with van der Waals surface area (Å²) in [5.74, 6) is 1.44. The third kappa shape index (κ3) is 3.85. The Morgan fingerprint density at radius 2 is 2.29 bits per heavy atom. The molecule has 0 unspecified atom stereocenters. The number of nitrogens with zero attached hydrogens (tertiary/aromatic N) is 3. The Bertz CT molecular complexity index is 619. The normalized spacial score (nSPS) is 10.3. The van der Waals surface area contributed by atoms with Crippen LogP contribution in [0.4, 0.5) is 0 Å². The first-order valence-corrected chi connectivity index (χ1v) is 7.33. The third-order valence-electron chi connectivity index (χ3n) is 2.55. The van der Waals surface area contributed by atoms with Crippen LogP contribution in [0.5, 0.6) is 0 Å². The molecule has 2 heterocycles. The molecule has 2 rings (SSSR count). The maximum Gasteiger partial charge on any atom is 0.230 e. The van der Waals surface area contributed by atoms with Gasteiger partial charge in [0, 0.05) is 13.1 Å². The molecule has 2 aromatic rings. The second-order valence-corrected chi connectivity index (χ2v) is 5.01. The fraction of sp³-hybridized carbons (Fsp3) is 0.214. The second-order valence-electron chi connectivity index (χ2n) is 4.06. The number of allylic oxidation sites excluding steroid dienone is 1. The van der Waals surface area contributed by atoms with Crippen LogP contribution in [0.1, 0.15) is 0 Å². The summed E-state index contributed by atoms with van der Waals surface area (Å²) in [5, 5.41) is 11.6. The minimum absolute atomic E-state index is 0.0763. The monoisotopic (exact) mass is 304 g/mol. The van der Waals surface area contributed by atoms with Crippen molar-refractivity contribution in [2.75, 3.05) is 12.3 Å². The summed E-state index contributed by atoms with van der Waals surface area (Å²) in [6.07, 6.45) is 4.97. The molecule has 0 aliphatic rings. The Kier molecular flexibility index (Phi) is 5.39. The predicted octanol–water partition coefficient (Wildman–Crippen LogP) is 2.12. The van der Waals surface area contributed by atoms with E-state index in [9.17, 15) is 4.79 Å². The molecule has 2 aromatic heterocycles. The van der Waals surface area contributed by atoms with Crippen molar-refractivity contribution in [2.24, 2.45) is 0 Å². The highest BCUT2D eigenvalue weighted by molar-refractivity contribution is 7.99. The van der Waals surface area contributed by atoms with E-state index in [1.807, 2.05) is 10.6 Å². The van der Waals surface area contributed by atoms with Crippen LogP contribution >= 0.6 is 11.8 Å². The molecule has 0 atom stereocenters. The summed E-state index contributed by atoms with van der Waals surface area (Å²) in [4.78, 5) is 11.6. The smallest absolute Gasteiger partial charge is 0.230 e. The summed E-state index contributed by atoms with van der Waals surface area (Å²) >= 11 is 1.32. The van der Waals surface area contributed by atoms with Gasteiger partial charge in [0.25, 0.3) is 0 Å². The van der Waals surface area contributed by atoms with E-state index in [0.717, 1.165) is 0 Å². The molecule has 0 aliphatic heterocycles. The molecule has 21 heavy (non-hydrogen) atoms. The summed E-state index contributed by atoms with van der Waals surface area (Å²) < 4.78 is 7.20. The van der Waals surface area contributed by atoms with Crippen LogP contribution in [0.15, 0.2) is 53.3 Å². The minimum Gasteiger partial charge on any atom is -0.461 e. The fourth-order valence-corrected chi connectivity index (χ4v) is 2.42. The summed E-state index contributed by atoms with van der Waals surface area (Å²) in [6, 6.07) is 3.60. The SMILES string of the molecule is C=CCNC(=O)CSc1nnc(-c2ccco2)n1CC=C. The Hall–Kier alpha value is -2.28. The van der Waals surface area contributed by atoms with Crippen LogP contribution in [-0.4, -0.2) is 33.0 Å². The number of amides is 1. The van der Waals surface area contributed by atoms with Crippen LogP contribution < -0.4 is 5.32 Å². The van der Waals surface area contributed by atoms with Gasteiger partial charge >= 0.3 is 0 Å². The van der Waals surface area contributed by atoms with Gasteiger partial charge in [0.15, 0.2) is 10.9 Å². The highest BCUT2D eigenvalue weighted by Crippen LogP contribution is 2.24. The van der Waals surface area contributed by atoms with Crippen molar-refractivity contribution in [1.29, 1.82) is 0 Å². The summed E-state index contributed by atoms with van der Waals surface area (Å²) in [5.41, 5.74) is 0. The predicted molar refractivity (Wildman–Crippen MR) is 81.9 cm³/mol. The Morgan fingerprint density at radius 1 is 1.43 bits per heavy atom. The van der Waals surface area contributed by atoms with Gasteiger partial charge in [-0.2, -0.15) is 0 Å². The molecule has 6 nitrogen and oxygen atoms in total. The molecule has 1 N–H and O–H groups in total. The standard InChI is InChI=1S/C14H16N4O2S/c1-3-7-15-12(19)10-21-14-17-16-13(18(14)8-4-2)11-6-5-9-20-11/h3-6,9H,1-2,7-8,10H2,(H,15,19). The van der Waals surface area contributed by atoms with Gasteiger partial charge in [0.1, 0.15) is 0 Å². The van der Waals surface area contributed by atoms with E-state index in [2.05, 4.69) is 28.7 Å². The van der Waals surface area contributed by atoms with Crippen LogP contribution in [0.25, 0.3) is 11.6 Å². The molecule has 0 saturated heterocycles. The van der Waals surface area contributed by atoms with Crippen LogP contribution in [-0.2, 0) is 11.3 Å². The average Bonchev–Trinajstić information content (AvgIpc) is 3.12. The number of aromatic nitrogens is 3. The van der Waals surface area contributed by atoms with Gasteiger partial charge in [-0.25, -0.2) is 0 Å². The minimum atomic E-state index is -0.0763. The third-order valence-corrected chi connectivity index (χ3v) is 3.51. The topological polar surface area (TPSA) is 73.0 Å². The van der Waals surface area contributed by atoms with Crippen molar-refractivity contribution in [1.82, 2.24) is 20.1 Å². The zero-order chi connectivity index (χ0) is 15.1. The molecule has 7 heteroatoms. The molecule has 0 saturated carbocycles. The van der Waals surface area contributed by atoms with Gasteiger partial charge in [0.05, 0.1) is 12.0 Å². The molecule has 0 aliphatic carbocycles. The Morgan fingerprint density at radius 3 is 2.95 bits per heavy atom. The first kappa shape index (κ1) is 15.1. The number of carbonyl (C=O) groups excluding carboxylic acids is 1. The molecule has 0 aromatic carbocycles. The van der Waals surface area contributed by atoms with E-state index in [1.165, 1.54) is 11.8 Å². The Labute approximate surface area is 126 Å². The molecule has 0 bridgehead atoms. The molecule has 0 spiro atoms. The number of furan rings is 1. The zero-order valence-corrected chi connectivity index (χ0v) is 12.3. The first-order valence-electron chi connectivity index (χ1n) is 6.34. The highest BCUT2D eigenvalue weighted by atomic mass is 32.2. The van der Waals surface area contributed by atoms with Gasteiger partial charge < -0.3 is 9.73 Å². The van der Waals surface area contributed by atoms with Crippen LogP contribution in [0.2, 0.25) is 0 Å². The maximum absolute atomic E-state index is 11.6. The van der Waals surface area contributed by atoms with Crippen molar-refractivity contribution in [3.8, 4) is 11.6 Å². The number of rotatable bonds is 8. The molecule has 0 fully saturated rings. The van der Waals surface area contributed by atoms with Gasteiger partial charge in [-0.3, -0.25) is 9.36 Å². The number of thioether (sulfide) groups is 1. The van der Waals surface area contributed by atoms with Crippen LogP contribution in [0.3, 0.4) is 0 Å². The van der Waals surface area contributed by atoms with Gasteiger partial charge in [-0.15, -0.1) is 23.4 Å². The maximum atomic E-state index is 11.6. The number of hydrogen-bond acceptors (Lipinski definition) is 5. The number of carbonyl (C=O) groups is 1. The van der Waals surface area contributed by atoms with Gasteiger partial charge in [-0.1, -0.05) is 23.9 Å². The Balaban J connectivity index is 2.11. The number of nitrogens with one attached hydrogen (secondary N) is 1. The lowest BCUT2D eigenvalue weighted by Gasteiger charge is -2.06. The van der Waals surface area contributed by atoms with E-state index in [4.69, 9.17) is 4.42 Å². The molecular formula is C14H16N4O2S. The fourth-order valence-electron chi connectivity index (χ4n) is 1.64. The van der Waals surface area contributed by atoms with E-state index in [-0.39, 0.29) is 11.7 Å². The average molecular weight is 304 g/mol. The van der Waals surface area contributed by atoms with E-state index in [0.29, 0.717) is 29.8 Å². The second kappa shape index (κ2) is 7.49. The lowest BCUT2D eigenvalue weighted by atomic mass is 10.4. The number of hydrogen-bond donors (Lipinski definition) is 1. The van der Waals surface area contributed by atoms with E-state index >= 15 is 0 Å². The molecule has 110 valence electrons. The van der Waals surface area contributed by atoms with Crippen molar-refractivity contribution in [2.45, 2.75) is 11.7 Å². The summed E-state index contributed by atoms with van der Waals surface area (Å²) in [7, 11) is 0. The zero-order valence-electron chi connectivity index (χ0n) is 11.5. The summed E-state index contributed by atoms with van der Waals surface area (Å²) in [6.45, 7) is 8.28. The van der Waals surface area contributed by atoms with Crippen LogP contribution in [0, 0.1) is 0 Å². The largest absolute Gasteiger partial charge is 0.461 e. The van der Waals surface area contributed by atoms with Crippen molar-refractivity contribution in [3.05, 3.63) is 43.7 Å². The molecule has 1 amide bonds. The van der Waals surface area contributed by atoms with Gasteiger partial charge in [-0.05, 0) is 12.1 Å². The highest BCUT2D eigenvalue weighted by Gasteiger charge is 2.16. The van der Waals surface area contributed by atoms with Gasteiger partial charge in [0.2, 0.25) is 11.7 Å². The van der Waals surface area contributed by atoms with E-state index in [1.54, 1.807) is 24.5 Å². The molecule has 0 radical (unpaired) electrons. The van der Waals surface area contributed by atoms with Crippen molar-refractivity contribution < 1.29 is 9.21 Å². The van der Waals surface area contributed by atoms with E-state index < -0.39 is 0 Å². The van der Waals surface area contributed by atoms with Crippen molar-refractivity contribution in [3.63, 3.8) is 0 Å². The first-order chi connectivity index (χ1) is 10.3. The molecular weight excluding hydrogens is 288 g/mol. The lowest BCUT2D eigenvalue weighted by Crippen LogP contribution is -2.25. The van der Waals surface area contributed by atoms with Crippen molar-refractivity contribution >= 4 is 17.7 Å².